The number of carbonyl (C=O) groups is 1. The first-order valence-electron chi connectivity index (χ1n) is 11.0. The topological polar surface area (TPSA) is 46.2 Å². The molecule has 0 unspecified atom stereocenters. The Balaban J connectivity index is 1.32. The molecule has 0 heterocycles. The fourth-order valence-corrected chi connectivity index (χ4v) is 9.21. The third-order valence-electron chi connectivity index (χ3n) is 7.54. The molecule has 4 saturated carbocycles. The van der Waals surface area contributed by atoms with Crippen molar-refractivity contribution >= 4 is 23.7 Å². The molecule has 3 nitrogen and oxygen atoms in total. The van der Waals surface area contributed by atoms with E-state index in [9.17, 15) is 9.36 Å². The van der Waals surface area contributed by atoms with Crippen molar-refractivity contribution in [1.29, 1.82) is 0 Å². The van der Waals surface area contributed by atoms with Gasteiger partial charge in [0.1, 0.15) is 0 Å². The van der Waals surface area contributed by atoms with Crippen LogP contribution >= 0.6 is 7.14 Å². The molecule has 29 heavy (non-hydrogen) atoms. The van der Waals surface area contributed by atoms with E-state index in [-0.39, 0.29) is 12.1 Å². The smallest absolute Gasteiger partial charge is 0.228 e. The fourth-order valence-electron chi connectivity index (χ4n) is 6.72. The van der Waals surface area contributed by atoms with Gasteiger partial charge in [0.15, 0.2) is 7.14 Å². The van der Waals surface area contributed by atoms with Crippen LogP contribution in [0.25, 0.3) is 0 Å². The largest absolute Gasteiger partial charge is 0.355 e. The first-order valence-corrected chi connectivity index (χ1v) is 12.9. The first kappa shape index (κ1) is 19.1. The van der Waals surface area contributed by atoms with Crippen LogP contribution in [0.5, 0.6) is 0 Å². The van der Waals surface area contributed by atoms with E-state index in [1.807, 2.05) is 60.7 Å². The van der Waals surface area contributed by atoms with Crippen molar-refractivity contribution in [3.63, 3.8) is 0 Å². The maximum Gasteiger partial charge on any atom is 0.228 e. The molecule has 6 rings (SSSR count). The molecule has 0 saturated heterocycles. The molecule has 0 aliphatic heterocycles. The standard InChI is InChI=1S/C25H30NO2P/c27-24(26-18-25-14-19-11-20(15-25)13-21(12-19)16-25)17-29(28,22-7-3-1-4-8-22)23-9-5-2-6-10-23/h1-10,19-21H,11-18H2,(H,26,27). The normalized spacial score (nSPS) is 30.3. The maximum absolute atomic E-state index is 14.1. The maximum atomic E-state index is 14.1. The van der Waals surface area contributed by atoms with Gasteiger partial charge in [-0.3, -0.25) is 4.79 Å². The van der Waals surface area contributed by atoms with Gasteiger partial charge in [-0.25, -0.2) is 0 Å². The minimum Gasteiger partial charge on any atom is -0.355 e. The second-order valence-corrected chi connectivity index (χ2v) is 12.6. The Morgan fingerprint density at radius 1 is 0.828 bits per heavy atom. The van der Waals surface area contributed by atoms with E-state index in [0.29, 0.717) is 5.41 Å². The average Bonchev–Trinajstić information content (AvgIpc) is 2.73. The molecular weight excluding hydrogens is 377 g/mol. The first-order chi connectivity index (χ1) is 14.0. The van der Waals surface area contributed by atoms with E-state index in [2.05, 4.69) is 5.32 Å². The summed E-state index contributed by atoms with van der Waals surface area (Å²) in [5.41, 5.74) is 0.299. The lowest BCUT2D eigenvalue weighted by Gasteiger charge is -2.56. The van der Waals surface area contributed by atoms with Crippen molar-refractivity contribution in [3.05, 3.63) is 60.7 Å². The molecule has 1 amide bonds. The van der Waals surface area contributed by atoms with Crippen LogP contribution < -0.4 is 15.9 Å². The molecule has 0 atom stereocenters. The minimum atomic E-state index is -2.99. The summed E-state index contributed by atoms with van der Waals surface area (Å²) in [6.45, 7) is 0.763. The van der Waals surface area contributed by atoms with Gasteiger partial charge in [-0.1, -0.05) is 60.7 Å². The van der Waals surface area contributed by atoms with Gasteiger partial charge in [0, 0.05) is 17.2 Å². The third-order valence-corrected chi connectivity index (χ3v) is 10.5. The zero-order chi connectivity index (χ0) is 19.9. The predicted octanol–water partition coefficient (Wildman–Crippen LogP) is 4.33. The summed E-state index contributed by atoms with van der Waals surface area (Å²) < 4.78 is 14.1. The monoisotopic (exact) mass is 407 g/mol. The van der Waals surface area contributed by atoms with E-state index >= 15 is 0 Å². The molecule has 2 aromatic rings. The molecule has 4 heteroatoms. The SMILES string of the molecule is O=C(CP(=O)(c1ccccc1)c1ccccc1)NCC12CC3CC(CC(C3)C1)C2. The zero-order valence-corrected chi connectivity index (χ0v) is 17.8. The molecule has 4 aliphatic rings. The Labute approximate surface area is 173 Å². The van der Waals surface area contributed by atoms with Gasteiger partial charge in [-0.15, -0.1) is 0 Å². The predicted molar refractivity (Wildman–Crippen MR) is 118 cm³/mol. The summed E-state index contributed by atoms with van der Waals surface area (Å²) in [5.74, 6) is 2.55. The van der Waals surface area contributed by atoms with Crippen LogP contribution in [0.15, 0.2) is 60.7 Å². The van der Waals surface area contributed by atoms with Gasteiger partial charge >= 0.3 is 0 Å². The molecule has 0 aromatic heterocycles. The Morgan fingerprint density at radius 2 is 1.28 bits per heavy atom. The number of benzene rings is 2. The van der Waals surface area contributed by atoms with Crippen LogP contribution in [-0.4, -0.2) is 18.6 Å². The highest BCUT2D eigenvalue weighted by molar-refractivity contribution is 7.79. The summed E-state index contributed by atoms with van der Waals surface area (Å²) in [7, 11) is -2.99. The van der Waals surface area contributed by atoms with Gasteiger partial charge in [0.2, 0.25) is 5.91 Å². The quantitative estimate of drug-likeness (QED) is 0.725. The second-order valence-electron chi connectivity index (χ2n) is 9.76. The van der Waals surface area contributed by atoms with E-state index in [0.717, 1.165) is 34.9 Å². The highest BCUT2D eigenvalue weighted by Gasteiger charge is 2.50. The second kappa shape index (κ2) is 7.43. The molecular formula is C25H30NO2P. The van der Waals surface area contributed by atoms with E-state index in [4.69, 9.17) is 0 Å². The lowest BCUT2D eigenvalue weighted by atomic mass is 9.49. The lowest BCUT2D eigenvalue weighted by molar-refractivity contribution is -0.120. The van der Waals surface area contributed by atoms with Gasteiger partial charge in [-0.05, 0) is 61.7 Å². The molecule has 2 aromatic carbocycles. The van der Waals surface area contributed by atoms with Gasteiger partial charge in [-0.2, -0.15) is 0 Å². The van der Waals surface area contributed by atoms with Crippen LogP contribution in [0.1, 0.15) is 38.5 Å². The van der Waals surface area contributed by atoms with Crippen LogP contribution in [0.2, 0.25) is 0 Å². The number of rotatable bonds is 6. The van der Waals surface area contributed by atoms with Gasteiger partial charge in [0.25, 0.3) is 0 Å². The Kier molecular flexibility index (Phi) is 4.90. The van der Waals surface area contributed by atoms with Crippen molar-refractivity contribution < 1.29 is 9.36 Å². The highest BCUT2D eigenvalue weighted by atomic mass is 31.2. The van der Waals surface area contributed by atoms with Gasteiger partial charge < -0.3 is 9.88 Å². The molecule has 4 fully saturated rings. The number of hydrogen-bond donors (Lipinski definition) is 1. The van der Waals surface area contributed by atoms with Crippen molar-refractivity contribution in [3.8, 4) is 0 Å². The van der Waals surface area contributed by atoms with Gasteiger partial charge in [0.05, 0.1) is 6.16 Å². The summed E-state index contributed by atoms with van der Waals surface area (Å²) in [6.07, 6.45) is 8.09. The van der Waals surface area contributed by atoms with Crippen molar-refractivity contribution in [2.75, 3.05) is 12.7 Å². The zero-order valence-electron chi connectivity index (χ0n) is 16.9. The van der Waals surface area contributed by atoms with E-state index in [1.165, 1.54) is 38.5 Å². The minimum absolute atomic E-state index is 0.0490. The van der Waals surface area contributed by atoms with Crippen LogP contribution in [0.3, 0.4) is 0 Å². The Hall–Kier alpha value is -1.86. The number of nitrogens with one attached hydrogen (secondary N) is 1. The number of carbonyl (C=O) groups excluding carboxylic acids is 1. The van der Waals surface area contributed by atoms with Crippen LogP contribution in [0, 0.1) is 23.2 Å². The van der Waals surface area contributed by atoms with Crippen molar-refractivity contribution in [1.82, 2.24) is 5.32 Å². The van der Waals surface area contributed by atoms with E-state index in [1.54, 1.807) is 0 Å². The molecule has 1 N–H and O–H groups in total. The molecule has 4 aliphatic carbocycles. The average molecular weight is 407 g/mol. The third kappa shape index (κ3) is 3.70. The van der Waals surface area contributed by atoms with Crippen LogP contribution in [0.4, 0.5) is 0 Å². The highest BCUT2D eigenvalue weighted by Crippen LogP contribution is 2.59. The van der Waals surface area contributed by atoms with E-state index < -0.39 is 7.14 Å². The molecule has 0 radical (unpaired) electrons. The summed E-state index contributed by atoms with van der Waals surface area (Å²) in [4.78, 5) is 13.0. The molecule has 4 bridgehead atoms. The summed E-state index contributed by atoms with van der Waals surface area (Å²) in [6, 6.07) is 19.0. The lowest BCUT2D eigenvalue weighted by Crippen LogP contribution is -2.51. The number of hydrogen-bond acceptors (Lipinski definition) is 2. The Morgan fingerprint density at radius 3 is 1.72 bits per heavy atom. The fraction of sp³-hybridized carbons (Fsp3) is 0.480. The number of amides is 1. The Bertz CT molecular complexity index is 846. The summed E-state index contributed by atoms with van der Waals surface area (Å²) >= 11 is 0. The summed E-state index contributed by atoms with van der Waals surface area (Å²) in [5, 5.41) is 4.74. The molecule has 152 valence electrons. The van der Waals surface area contributed by atoms with Crippen LogP contribution in [-0.2, 0) is 9.36 Å². The van der Waals surface area contributed by atoms with Crippen molar-refractivity contribution in [2.45, 2.75) is 38.5 Å². The van der Waals surface area contributed by atoms with Crippen molar-refractivity contribution in [2.24, 2.45) is 23.2 Å². The molecule has 0 spiro atoms.